The smallest absolute Gasteiger partial charge is 0.272 e. The minimum absolute atomic E-state index is 0.0388. The average molecular weight is 344 g/mol. The molecule has 0 spiro atoms. The summed E-state index contributed by atoms with van der Waals surface area (Å²) in [5.41, 5.74) is 0.269. The molecule has 0 atom stereocenters. The Morgan fingerprint density at radius 1 is 1.38 bits per heavy atom. The Hall–Kier alpha value is -1.93. The number of amides is 1. The van der Waals surface area contributed by atoms with Crippen LogP contribution < -0.4 is 15.3 Å². The molecular formula is C16H22F2N2O4. The minimum atomic E-state index is -2.65. The lowest BCUT2D eigenvalue weighted by Gasteiger charge is -2.23. The van der Waals surface area contributed by atoms with Gasteiger partial charge in [0.1, 0.15) is 12.4 Å². The van der Waals surface area contributed by atoms with E-state index in [0.717, 1.165) is 32.1 Å². The molecule has 8 heteroatoms. The Kier molecular flexibility index (Phi) is 6.74. The van der Waals surface area contributed by atoms with Crippen LogP contribution in [0.1, 0.15) is 42.5 Å². The third kappa shape index (κ3) is 5.04. The van der Waals surface area contributed by atoms with E-state index in [2.05, 4.69) is 10.2 Å². The zero-order chi connectivity index (χ0) is 17.5. The molecule has 0 radical (unpaired) electrons. The van der Waals surface area contributed by atoms with Crippen LogP contribution in [0, 0.1) is 0 Å². The van der Waals surface area contributed by atoms with E-state index in [9.17, 15) is 18.8 Å². The molecule has 1 aromatic rings. The summed E-state index contributed by atoms with van der Waals surface area (Å²) < 4.78 is 29.8. The summed E-state index contributed by atoms with van der Waals surface area (Å²) in [5.74, 6) is -0.380. The second-order valence-electron chi connectivity index (χ2n) is 5.65. The van der Waals surface area contributed by atoms with E-state index < -0.39 is 18.9 Å². The van der Waals surface area contributed by atoms with E-state index in [0.29, 0.717) is 5.23 Å². The van der Waals surface area contributed by atoms with Crippen molar-refractivity contribution in [2.45, 2.75) is 44.6 Å². The lowest BCUT2D eigenvalue weighted by molar-refractivity contribution is -0.0110. The van der Waals surface area contributed by atoms with Gasteiger partial charge in [-0.25, -0.2) is 8.78 Å². The molecule has 6 nitrogen and oxygen atoms in total. The van der Waals surface area contributed by atoms with Crippen molar-refractivity contribution in [2.75, 3.05) is 18.9 Å². The SMILES string of the molecule is CON(O)c1ccc(OCC(F)F)c(C(=O)NC2CCCCC2)c1. The summed E-state index contributed by atoms with van der Waals surface area (Å²) in [5, 5.41) is 13.0. The molecule has 2 rings (SSSR count). The number of ether oxygens (including phenoxy) is 1. The van der Waals surface area contributed by atoms with Crippen molar-refractivity contribution < 1.29 is 28.4 Å². The van der Waals surface area contributed by atoms with Crippen LogP contribution in [-0.2, 0) is 4.84 Å². The monoisotopic (exact) mass is 344 g/mol. The van der Waals surface area contributed by atoms with Crippen molar-refractivity contribution in [3.05, 3.63) is 23.8 Å². The third-order valence-electron chi connectivity index (χ3n) is 3.91. The molecule has 0 aromatic heterocycles. The standard InChI is InChI=1S/C16H22F2N2O4/c1-23-20(22)12-7-8-14(24-10-15(17)18)13(9-12)16(21)19-11-5-3-2-4-6-11/h7-9,11,15,22H,2-6,10H2,1H3,(H,19,21). The minimum Gasteiger partial charge on any atom is -0.487 e. The quantitative estimate of drug-likeness (QED) is 0.744. The summed E-state index contributed by atoms with van der Waals surface area (Å²) in [6.07, 6.45) is 2.39. The molecule has 0 unspecified atom stereocenters. The van der Waals surface area contributed by atoms with Crippen LogP contribution in [0.15, 0.2) is 18.2 Å². The lowest BCUT2D eigenvalue weighted by Crippen LogP contribution is -2.36. The Bertz CT molecular complexity index is 551. The Morgan fingerprint density at radius 2 is 2.08 bits per heavy atom. The Balaban J connectivity index is 2.19. The first-order valence-electron chi connectivity index (χ1n) is 7.90. The number of halogens is 2. The predicted molar refractivity (Wildman–Crippen MR) is 83.6 cm³/mol. The summed E-state index contributed by atoms with van der Waals surface area (Å²) in [4.78, 5) is 17.2. The van der Waals surface area contributed by atoms with Crippen LogP contribution >= 0.6 is 0 Å². The topological polar surface area (TPSA) is 71.0 Å². The van der Waals surface area contributed by atoms with Crippen LogP contribution in [0.25, 0.3) is 0 Å². The lowest BCUT2D eigenvalue weighted by atomic mass is 9.95. The number of alkyl halides is 2. The fraction of sp³-hybridized carbons (Fsp3) is 0.562. The summed E-state index contributed by atoms with van der Waals surface area (Å²) >= 11 is 0. The van der Waals surface area contributed by atoms with Crippen LogP contribution in [0.4, 0.5) is 14.5 Å². The maximum absolute atomic E-state index is 12.5. The number of hydrogen-bond acceptors (Lipinski definition) is 5. The van der Waals surface area contributed by atoms with Gasteiger partial charge in [-0.15, -0.1) is 5.23 Å². The average Bonchev–Trinajstić information content (AvgIpc) is 2.59. The molecule has 24 heavy (non-hydrogen) atoms. The highest BCUT2D eigenvalue weighted by Gasteiger charge is 2.21. The highest BCUT2D eigenvalue weighted by Crippen LogP contribution is 2.26. The number of hydrogen-bond donors (Lipinski definition) is 2. The Morgan fingerprint density at radius 3 is 2.71 bits per heavy atom. The van der Waals surface area contributed by atoms with Gasteiger partial charge in [0.25, 0.3) is 12.3 Å². The van der Waals surface area contributed by atoms with Crippen molar-refractivity contribution in [2.24, 2.45) is 0 Å². The maximum atomic E-state index is 12.5. The number of nitrogens with one attached hydrogen (secondary N) is 1. The van der Waals surface area contributed by atoms with Crippen LogP contribution in [0.2, 0.25) is 0 Å². The van der Waals surface area contributed by atoms with Crippen LogP contribution in [0.3, 0.4) is 0 Å². The van der Waals surface area contributed by atoms with Gasteiger partial charge >= 0.3 is 0 Å². The zero-order valence-corrected chi connectivity index (χ0v) is 13.5. The predicted octanol–water partition coefficient (Wildman–Crippen LogP) is 3.15. The van der Waals surface area contributed by atoms with E-state index in [4.69, 9.17) is 4.74 Å². The van der Waals surface area contributed by atoms with E-state index in [1.165, 1.54) is 25.3 Å². The van der Waals surface area contributed by atoms with Gasteiger partial charge in [-0.1, -0.05) is 19.3 Å². The highest BCUT2D eigenvalue weighted by molar-refractivity contribution is 5.98. The van der Waals surface area contributed by atoms with Gasteiger partial charge < -0.3 is 10.1 Å². The molecule has 0 saturated heterocycles. The molecule has 134 valence electrons. The van der Waals surface area contributed by atoms with Gasteiger partial charge in [-0.05, 0) is 31.0 Å². The van der Waals surface area contributed by atoms with Crippen molar-refractivity contribution >= 4 is 11.6 Å². The number of rotatable bonds is 7. The highest BCUT2D eigenvalue weighted by atomic mass is 19.3. The summed E-state index contributed by atoms with van der Waals surface area (Å²) in [7, 11) is 1.25. The number of anilines is 1. The second-order valence-corrected chi connectivity index (χ2v) is 5.65. The van der Waals surface area contributed by atoms with E-state index >= 15 is 0 Å². The largest absolute Gasteiger partial charge is 0.487 e. The van der Waals surface area contributed by atoms with Gasteiger partial charge in [0.2, 0.25) is 0 Å². The first-order valence-corrected chi connectivity index (χ1v) is 7.90. The summed E-state index contributed by atoms with van der Waals surface area (Å²) in [6.45, 7) is -0.809. The van der Waals surface area contributed by atoms with Gasteiger partial charge in [0, 0.05) is 6.04 Å². The molecule has 0 heterocycles. The van der Waals surface area contributed by atoms with Gasteiger partial charge in [0.05, 0.1) is 18.4 Å². The molecule has 1 saturated carbocycles. The van der Waals surface area contributed by atoms with E-state index in [-0.39, 0.29) is 23.0 Å². The van der Waals surface area contributed by atoms with Gasteiger partial charge in [0.15, 0.2) is 0 Å². The fourth-order valence-corrected chi connectivity index (χ4v) is 2.71. The molecule has 1 aliphatic rings. The molecular weight excluding hydrogens is 322 g/mol. The molecule has 0 bridgehead atoms. The number of carbonyl (C=O) groups is 1. The fourth-order valence-electron chi connectivity index (χ4n) is 2.71. The number of nitrogens with zero attached hydrogens (tertiary/aromatic N) is 1. The number of carbonyl (C=O) groups excluding carboxylic acids is 1. The molecule has 0 aliphatic heterocycles. The van der Waals surface area contributed by atoms with Gasteiger partial charge in [-0.2, -0.15) is 0 Å². The molecule has 2 N–H and O–H groups in total. The second kappa shape index (κ2) is 8.79. The van der Waals surface area contributed by atoms with Crippen molar-refractivity contribution in [1.29, 1.82) is 0 Å². The first kappa shape index (κ1) is 18.4. The van der Waals surface area contributed by atoms with Crippen LogP contribution in [0.5, 0.6) is 5.75 Å². The van der Waals surface area contributed by atoms with Crippen molar-refractivity contribution in [3.63, 3.8) is 0 Å². The normalized spacial score (nSPS) is 15.4. The first-order chi connectivity index (χ1) is 11.5. The summed E-state index contributed by atoms with van der Waals surface area (Å²) in [6, 6.07) is 4.16. The Labute approximate surface area is 139 Å². The van der Waals surface area contributed by atoms with E-state index in [1.54, 1.807) is 0 Å². The molecule has 1 aliphatic carbocycles. The molecule has 1 aromatic carbocycles. The third-order valence-corrected chi connectivity index (χ3v) is 3.91. The maximum Gasteiger partial charge on any atom is 0.272 e. The molecule has 1 amide bonds. The van der Waals surface area contributed by atoms with Gasteiger partial charge in [-0.3, -0.25) is 14.8 Å². The van der Waals surface area contributed by atoms with Crippen LogP contribution in [-0.4, -0.2) is 37.3 Å². The zero-order valence-electron chi connectivity index (χ0n) is 13.5. The van der Waals surface area contributed by atoms with Crippen molar-refractivity contribution in [1.82, 2.24) is 5.32 Å². The van der Waals surface area contributed by atoms with Crippen molar-refractivity contribution in [3.8, 4) is 5.75 Å². The molecule has 1 fully saturated rings. The number of benzene rings is 1. The van der Waals surface area contributed by atoms with E-state index in [1.807, 2.05) is 0 Å².